The average molecular weight is 555 g/mol. The maximum atomic E-state index is 14.0. The maximum absolute atomic E-state index is 14.0. The molecule has 35 heavy (non-hydrogen) atoms. The number of nitrogens with two attached hydrogens (primary N) is 1. The molecule has 0 saturated heterocycles. The van der Waals surface area contributed by atoms with Crippen molar-refractivity contribution in [3.8, 4) is 17.1 Å². The van der Waals surface area contributed by atoms with E-state index in [1.165, 1.54) is 6.08 Å². The van der Waals surface area contributed by atoms with Gasteiger partial charge in [0.1, 0.15) is 17.2 Å². The molecule has 0 bridgehead atoms. The number of hydrogen-bond donors (Lipinski definition) is 2. The number of fused-ring (bicyclic) bond motifs is 1. The molecular formula is C24H20BrFN6O2S. The van der Waals surface area contributed by atoms with Gasteiger partial charge in [0.15, 0.2) is 11.5 Å². The van der Waals surface area contributed by atoms with Crippen molar-refractivity contribution in [3.63, 3.8) is 0 Å². The molecule has 0 fully saturated rings. The van der Waals surface area contributed by atoms with Gasteiger partial charge in [-0.25, -0.2) is 32.5 Å². The molecule has 5 rings (SSSR count). The van der Waals surface area contributed by atoms with Gasteiger partial charge < -0.3 is 5.73 Å². The summed E-state index contributed by atoms with van der Waals surface area (Å²) in [5.41, 5.74) is 9.58. The van der Waals surface area contributed by atoms with Crippen LogP contribution in [0.15, 0.2) is 82.2 Å². The summed E-state index contributed by atoms with van der Waals surface area (Å²) in [7, 11) is -3.91. The van der Waals surface area contributed by atoms with E-state index in [2.05, 4.69) is 30.6 Å². The van der Waals surface area contributed by atoms with Crippen LogP contribution in [0.1, 0.15) is 18.4 Å². The summed E-state index contributed by atoms with van der Waals surface area (Å²) in [4.78, 5) is 13.2. The van der Waals surface area contributed by atoms with E-state index >= 15 is 0 Å². The van der Waals surface area contributed by atoms with Crippen LogP contribution in [0.5, 0.6) is 0 Å². The van der Waals surface area contributed by atoms with Crippen molar-refractivity contribution in [1.82, 2.24) is 24.2 Å². The van der Waals surface area contributed by atoms with Crippen LogP contribution < -0.4 is 10.5 Å². The fraction of sp³-hybridized carbons (Fsp3) is 0.125. The lowest BCUT2D eigenvalue weighted by Gasteiger charge is -2.13. The number of nitrogens with zero attached hydrogens (tertiary/aromatic N) is 4. The Hall–Kier alpha value is -3.41. The molecule has 0 amide bonds. The Morgan fingerprint density at radius 3 is 2.71 bits per heavy atom. The molecule has 0 saturated carbocycles. The zero-order valence-corrected chi connectivity index (χ0v) is 20.7. The van der Waals surface area contributed by atoms with E-state index in [0.717, 1.165) is 10.2 Å². The second kappa shape index (κ2) is 9.33. The molecule has 1 aromatic carbocycles. The first kappa shape index (κ1) is 23.3. The monoisotopic (exact) mass is 554 g/mol. The van der Waals surface area contributed by atoms with Crippen molar-refractivity contribution < 1.29 is 12.8 Å². The topological polar surface area (TPSA) is 116 Å². The Morgan fingerprint density at radius 1 is 1.17 bits per heavy atom. The molecule has 4 aromatic rings. The number of aromatic nitrogens is 4. The molecule has 0 unspecified atom stereocenters. The summed E-state index contributed by atoms with van der Waals surface area (Å²) in [5.74, 6) is 0.207. The fourth-order valence-corrected chi connectivity index (χ4v) is 5.44. The summed E-state index contributed by atoms with van der Waals surface area (Å²) in [6.45, 7) is 0.0292. The number of hydrogen-bond acceptors (Lipinski definition) is 6. The zero-order valence-electron chi connectivity index (χ0n) is 18.3. The lowest BCUT2D eigenvalue weighted by molar-refractivity contribution is 0.578. The first-order valence-corrected chi connectivity index (χ1v) is 13.0. The molecule has 3 heterocycles. The highest BCUT2D eigenvalue weighted by Gasteiger charge is 2.23. The normalized spacial score (nSPS) is 14.1. The molecule has 11 heteroatoms. The van der Waals surface area contributed by atoms with Gasteiger partial charge in [-0.05, 0) is 70.7 Å². The number of anilines is 1. The van der Waals surface area contributed by atoms with Crippen molar-refractivity contribution in [2.45, 2.75) is 19.4 Å². The lowest BCUT2D eigenvalue weighted by Crippen LogP contribution is -2.25. The molecule has 1 aliphatic carbocycles. The molecule has 178 valence electrons. The van der Waals surface area contributed by atoms with Crippen LogP contribution in [0, 0.1) is 0 Å². The smallest absolute Gasteiger partial charge is 0.239 e. The van der Waals surface area contributed by atoms with Gasteiger partial charge in [0.2, 0.25) is 10.0 Å². The number of benzene rings is 1. The van der Waals surface area contributed by atoms with E-state index in [1.807, 2.05) is 28.8 Å². The number of rotatable bonds is 6. The summed E-state index contributed by atoms with van der Waals surface area (Å²) >= 11 is 3.43. The molecule has 3 N–H and O–H groups in total. The third-order valence-corrected chi connectivity index (χ3v) is 7.60. The van der Waals surface area contributed by atoms with Gasteiger partial charge >= 0.3 is 0 Å². The first-order valence-electron chi connectivity index (χ1n) is 10.7. The summed E-state index contributed by atoms with van der Waals surface area (Å²) < 4.78 is 44.2. The molecule has 0 atom stereocenters. The number of sulfonamides is 1. The number of nitrogens with one attached hydrogen (secondary N) is 1. The first-order chi connectivity index (χ1) is 16.8. The van der Waals surface area contributed by atoms with Crippen molar-refractivity contribution in [1.29, 1.82) is 0 Å². The Balaban J connectivity index is 1.48. The van der Waals surface area contributed by atoms with Gasteiger partial charge in [0.25, 0.3) is 0 Å². The Labute approximate surface area is 209 Å². The van der Waals surface area contributed by atoms with Crippen LogP contribution in [0.4, 0.5) is 10.2 Å². The summed E-state index contributed by atoms with van der Waals surface area (Å²) in [6.07, 6.45) is 6.75. The van der Waals surface area contributed by atoms with E-state index in [0.29, 0.717) is 40.4 Å². The van der Waals surface area contributed by atoms with Gasteiger partial charge in [-0.2, -0.15) is 0 Å². The van der Waals surface area contributed by atoms with Crippen LogP contribution in [-0.2, 0) is 16.6 Å². The van der Waals surface area contributed by atoms with Crippen LogP contribution >= 0.6 is 15.9 Å². The highest BCUT2D eigenvalue weighted by molar-refractivity contribution is 9.10. The Bertz CT molecular complexity index is 1600. The minimum absolute atomic E-state index is 0.0292. The predicted octanol–water partition coefficient (Wildman–Crippen LogP) is 4.78. The van der Waals surface area contributed by atoms with E-state index < -0.39 is 15.9 Å². The fourth-order valence-electron chi connectivity index (χ4n) is 3.88. The Morgan fingerprint density at radius 2 is 1.97 bits per heavy atom. The molecule has 0 radical (unpaired) electrons. The molecule has 8 nitrogen and oxygen atoms in total. The predicted molar refractivity (Wildman–Crippen MR) is 136 cm³/mol. The quantitative estimate of drug-likeness (QED) is 0.354. The number of allylic oxidation sites excluding steroid dienone is 4. The molecule has 0 spiro atoms. The highest BCUT2D eigenvalue weighted by atomic mass is 79.9. The van der Waals surface area contributed by atoms with Crippen molar-refractivity contribution in [3.05, 3.63) is 87.8 Å². The third kappa shape index (κ3) is 4.62. The van der Waals surface area contributed by atoms with Crippen molar-refractivity contribution in [2.75, 3.05) is 5.73 Å². The highest BCUT2D eigenvalue weighted by Crippen LogP contribution is 2.31. The third-order valence-electron chi connectivity index (χ3n) is 5.60. The standard InChI is InChI=1S/C24H20BrFN6O2S/c25-16-12-20-24(29-14-16)32(23(31-20)18-4-3-11-28-22(18)27)17-9-7-15(8-10-17)13-30-35(33,34)21-6-2-1-5-19(21)26/h1,3-5,7-12,14,30H,2,6,13H2,(H2,27,28). The lowest BCUT2D eigenvalue weighted by atomic mass is 10.2. The van der Waals surface area contributed by atoms with Gasteiger partial charge in [0.05, 0.1) is 10.5 Å². The van der Waals surface area contributed by atoms with E-state index in [1.54, 1.807) is 36.7 Å². The van der Waals surface area contributed by atoms with Crippen molar-refractivity contribution in [2.24, 2.45) is 0 Å². The largest absolute Gasteiger partial charge is 0.383 e. The number of halogens is 2. The van der Waals surface area contributed by atoms with Gasteiger partial charge in [0, 0.05) is 29.1 Å². The SMILES string of the molecule is Nc1ncccc1-c1nc2cc(Br)cnc2n1-c1ccc(CNS(=O)(=O)C2=C(F)C=CCC2)cc1. The van der Waals surface area contributed by atoms with Gasteiger partial charge in [-0.3, -0.25) is 4.57 Å². The maximum Gasteiger partial charge on any atom is 0.239 e. The van der Waals surface area contributed by atoms with Crippen LogP contribution in [0.2, 0.25) is 0 Å². The summed E-state index contributed by atoms with van der Waals surface area (Å²) in [5, 5.41) is 0. The van der Waals surface area contributed by atoms with E-state index in [4.69, 9.17) is 10.7 Å². The zero-order chi connectivity index (χ0) is 24.6. The second-order valence-corrected chi connectivity index (χ2v) is 10.6. The van der Waals surface area contributed by atoms with E-state index in [-0.39, 0.29) is 17.9 Å². The van der Waals surface area contributed by atoms with Crippen LogP contribution in [0.3, 0.4) is 0 Å². The second-order valence-electron chi connectivity index (χ2n) is 7.91. The molecule has 1 aliphatic rings. The minimum Gasteiger partial charge on any atom is -0.383 e. The number of pyridine rings is 2. The Kier molecular flexibility index (Phi) is 6.22. The molecular weight excluding hydrogens is 535 g/mol. The number of imidazole rings is 1. The molecule has 3 aromatic heterocycles. The van der Waals surface area contributed by atoms with Gasteiger partial charge in [-0.15, -0.1) is 0 Å². The van der Waals surface area contributed by atoms with Gasteiger partial charge in [-0.1, -0.05) is 18.2 Å². The van der Waals surface area contributed by atoms with E-state index in [9.17, 15) is 12.8 Å². The van der Waals surface area contributed by atoms with Crippen molar-refractivity contribution >= 4 is 42.9 Å². The average Bonchev–Trinajstić information content (AvgIpc) is 3.22. The van der Waals surface area contributed by atoms with Crippen LogP contribution in [-0.4, -0.2) is 27.9 Å². The number of nitrogen functional groups attached to an aromatic ring is 1. The van der Waals surface area contributed by atoms with Crippen LogP contribution in [0.25, 0.3) is 28.2 Å². The molecule has 0 aliphatic heterocycles. The summed E-state index contributed by atoms with van der Waals surface area (Å²) in [6, 6.07) is 12.8. The minimum atomic E-state index is -3.91.